The van der Waals surface area contributed by atoms with Gasteiger partial charge in [0.15, 0.2) is 18.1 Å². The molecule has 0 aliphatic carbocycles. The first-order valence-electron chi connectivity index (χ1n) is 14.4. The molecule has 0 saturated carbocycles. The summed E-state index contributed by atoms with van der Waals surface area (Å²) in [7, 11) is -1.23. The van der Waals surface area contributed by atoms with E-state index in [1.165, 1.54) is 44.7 Å². The number of rotatable bonds is 15. The summed E-state index contributed by atoms with van der Waals surface area (Å²) in [4.78, 5) is 25.1. The van der Waals surface area contributed by atoms with Crippen molar-refractivity contribution >= 4 is 33.7 Å². The van der Waals surface area contributed by atoms with Crippen molar-refractivity contribution in [1.82, 2.24) is 10.7 Å². The van der Waals surface area contributed by atoms with Crippen LogP contribution in [0.2, 0.25) is 0 Å². The molecule has 0 atom stereocenters. The smallest absolute Gasteiger partial charge is 0.264 e. The molecule has 0 spiro atoms. The molecule has 2 amide bonds. The zero-order valence-electron chi connectivity index (χ0n) is 25.8. The average molecular weight is 645 g/mol. The topological polar surface area (TPSA) is 136 Å². The monoisotopic (exact) mass is 644 g/mol. The molecule has 0 aliphatic heterocycles. The van der Waals surface area contributed by atoms with Crippen LogP contribution in [0.4, 0.5) is 5.69 Å². The molecule has 0 aliphatic rings. The maximum absolute atomic E-state index is 13.7. The zero-order valence-corrected chi connectivity index (χ0v) is 26.6. The molecule has 240 valence electrons. The van der Waals surface area contributed by atoms with Crippen molar-refractivity contribution in [1.29, 1.82) is 0 Å². The lowest BCUT2D eigenvalue weighted by molar-refractivity contribution is -0.123. The first kappa shape index (κ1) is 33.5. The first-order valence-corrected chi connectivity index (χ1v) is 15.8. The molecular weight excluding hydrogens is 608 g/mol. The van der Waals surface area contributed by atoms with Crippen LogP contribution in [0, 0.1) is 6.92 Å². The Labute approximate surface area is 268 Å². The number of nitrogens with one attached hydrogen (secondary N) is 2. The van der Waals surface area contributed by atoms with Crippen molar-refractivity contribution in [3.63, 3.8) is 0 Å². The maximum atomic E-state index is 13.7. The summed E-state index contributed by atoms with van der Waals surface area (Å²) in [5.41, 5.74) is 5.26. The van der Waals surface area contributed by atoms with Crippen LogP contribution in [-0.2, 0) is 26.0 Å². The molecule has 0 radical (unpaired) electrons. The molecule has 0 bridgehead atoms. The summed E-state index contributed by atoms with van der Waals surface area (Å²) in [6.07, 6.45) is 2.14. The Balaban J connectivity index is 1.35. The van der Waals surface area contributed by atoms with E-state index in [0.29, 0.717) is 29.4 Å². The number of nitrogens with zero attached hydrogens (tertiary/aromatic N) is 2. The minimum absolute atomic E-state index is 0.0242. The number of hydrogen-bond donors (Lipinski definition) is 2. The standard InChI is InChI=1S/C34H36N4O7S/c1-25-9-16-30(17-10-25)46(41,42)38(28-13-18-31(43-2)32(21-28)44-3)23-33(39)37-36-22-27-11-14-29(15-12-27)45-24-34(40)35-20-19-26-7-5-4-6-8-26/h4-18,21-22H,19-20,23-24H2,1-3H3,(H,35,40)(H,37,39)/b36-22-. The lowest BCUT2D eigenvalue weighted by Crippen LogP contribution is -2.39. The van der Waals surface area contributed by atoms with Gasteiger partial charge in [0.2, 0.25) is 0 Å². The van der Waals surface area contributed by atoms with E-state index in [1.54, 1.807) is 42.5 Å². The van der Waals surface area contributed by atoms with Gasteiger partial charge in [-0.2, -0.15) is 5.10 Å². The number of carbonyl (C=O) groups excluding carboxylic acids is 2. The van der Waals surface area contributed by atoms with Gasteiger partial charge in [0.1, 0.15) is 12.3 Å². The SMILES string of the molecule is COc1ccc(N(CC(=O)N/N=C\c2ccc(OCC(=O)NCCc3ccccc3)cc2)S(=O)(=O)c2ccc(C)cc2)cc1OC. The molecule has 0 saturated heterocycles. The van der Waals surface area contributed by atoms with Crippen LogP contribution < -0.4 is 29.3 Å². The molecule has 0 aromatic heterocycles. The quantitative estimate of drug-likeness (QED) is 0.147. The second kappa shape index (κ2) is 16.1. The van der Waals surface area contributed by atoms with Crippen molar-refractivity contribution in [2.24, 2.45) is 5.10 Å². The number of sulfonamides is 1. The number of methoxy groups -OCH3 is 2. The average Bonchev–Trinajstić information content (AvgIpc) is 3.07. The lowest BCUT2D eigenvalue weighted by atomic mass is 10.1. The summed E-state index contributed by atoms with van der Waals surface area (Å²) in [5.74, 6) is 0.312. The van der Waals surface area contributed by atoms with Crippen LogP contribution in [-0.4, -0.2) is 60.4 Å². The van der Waals surface area contributed by atoms with E-state index in [0.717, 1.165) is 21.9 Å². The Morgan fingerprint density at radius 1 is 0.848 bits per heavy atom. The van der Waals surface area contributed by atoms with Gasteiger partial charge in [-0.25, -0.2) is 13.8 Å². The Morgan fingerprint density at radius 2 is 1.54 bits per heavy atom. The van der Waals surface area contributed by atoms with Gasteiger partial charge in [-0.15, -0.1) is 0 Å². The molecule has 12 heteroatoms. The van der Waals surface area contributed by atoms with Crippen LogP contribution in [0.25, 0.3) is 0 Å². The van der Waals surface area contributed by atoms with Gasteiger partial charge in [0.05, 0.1) is 31.0 Å². The summed E-state index contributed by atoms with van der Waals surface area (Å²) < 4.78 is 44.5. The second-order valence-electron chi connectivity index (χ2n) is 10.1. The van der Waals surface area contributed by atoms with Crippen molar-refractivity contribution in [2.45, 2.75) is 18.2 Å². The van der Waals surface area contributed by atoms with E-state index in [2.05, 4.69) is 15.8 Å². The number of carbonyl (C=O) groups is 2. The third-order valence-corrected chi connectivity index (χ3v) is 8.57. The van der Waals surface area contributed by atoms with E-state index in [1.807, 2.05) is 37.3 Å². The number of benzene rings is 4. The van der Waals surface area contributed by atoms with Crippen molar-refractivity contribution < 1.29 is 32.2 Å². The maximum Gasteiger partial charge on any atom is 0.264 e. The molecule has 4 aromatic rings. The molecule has 4 rings (SSSR count). The predicted octanol–water partition coefficient (Wildman–Crippen LogP) is 4.10. The van der Waals surface area contributed by atoms with E-state index < -0.39 is 22.5 Å². The normalized spacial score (nSPS) is 11.1. The number of amides is 2. The van der Waals surface area contributed by atoms with Crippen LogP contribution in [0.3, 0.4) is 0 Å². The number of anilines is 1. The summed E-state index contributed by atoms with van der Waals surface area (Å²) in [6, 6.07) is 27.5. The third-order valence-electron chi connectivity index (χ3n) is 6.78. The highest BCUT2D eigenvalue weighted by atomic mass is 32.2. The summed E-state index contributed by atoms with van der Waals surface area (Å²) in [5, 5.41) is 6.81. The summed E-state index contributed by atoms with van der Waals surface area (Å²) >= 11 is 0. The number of hydrogen-bond acceptors (Lipinski definition) is 8. The highest BCUT2D eigenvalue weighted by molar-refractivity contribution is 7.92. The molecular formula is C34H36N4O7S. The predicted molar refractivity (Wildman–Crippen MR) is 176 cm³/mol. The molecule has 0 heterocycles. The Morgan fingerprint density at radius 3 is 2.22 bits per heavy atom. The third kappa shape index (κ3) is 9.32. The van der Waals surface area contributed by atoms with Gasteiger partial charge in [0, 0.05) is 12.6 Å². The van der Waals surface area contributed by atoms with Gasteiger partial charge in [0.25, 0.3) is 21.8 Å². The van der Waals surface area contributed by atoms with Gasteiger partial charge < -0.3 is 19.5 Å². The van der Waals surface area contributed by atoms with Crippen LogP contribution in [0.1, 0.15) is 16.7 Å². The van der Waals surface area contributed by atoms with Crippen molar-refractivity contribution in [3.05, 3.63) is 114 Å². The molecule has 0 fully saturated rings. The van der Waals surface area contributed by atoms with Crippen LogP contribution >= 0.6 is 0 Å². The fourth-order valence-electron chi connectivity index (χ4n) is 4.32. The number of hydrazone groups is 1. The fraction of sp³-hybridized carbons (Fsp3) is 0.206. The second-order valence-corrected chi connectivity index (χ2v) is 12.0. The van der Waals surface area contributed by atoms with Gasteiger partial charge >= 0.3 is 0 Å². The van der Waals surface area contributed by atoms with E-state index >= 15 is 0 Å². The van der Waals surface area contributed by atoms with Gasteiger partial charge in [-0.05, 0) is 73.0 Å². The van der Waals surface area contributed by atoms with E-state index in [4.69, 9.17) is 14.2 Å². The minimum atomic E-state index is -4.14. The molecule has 46 heavy (non-hydrogen) atoms. The Kier molecular flexibility index (Phi) is 11.7. The van der Waals surface area contributed by atoms with Crippen molar-refractivity contribution in [3.8, 4) is 17.2 Å². The lowest BCUT2D eigenvalue weighted by Gasteiger charge is -2.24. The molecule has 0 unspecified atom stereocenters. The van der Waals surface area contributed by atoms with Crippen molar-refractivity contribution in [2.75, 3.05) is 38.2 Å². The number of aryl methyl sites for hydroxylation is 1. The highest BCUT2D eigenvalue weighted by Crippen LogP contribution is 2.33. The largest absolute Gasteiger partial charge is 0.493 e. The Bertz CT molecular complexity index is 1740. The fourth-order valence-corrected chi connectivity index (χ4v) is 5.73. The highest BCUT2D eigenvalue weighted by Gasteiger charge is 2.28. The van der Waals surface area contributed by atoms with E-state index in [-0.39, 0.29) is 23.1 Å². The van der Waals surface area contributed by atoms with Crippen LogP contribution in [0.15, 0.2) is 107 Å². The van der Waals surface area contributed by atoms with E-state index in [9.17, 15) is 18.0 Å². The summed E-state index contributed by atoms with van der Waals surface area (Å²) in [6.45, 7) is 1.68. The zero-order chi connectivity index (χ0) is 32.9. The first-order chi connectivity index (χ1) is 22.2. The molecule has 11 nitrogen and oxygen atoms in total. The van der Waals surface area contributed by atoms with Gasteiger partial charge in [-0.3, -0.25) is 13.9 Å². The minimum Gasteiger partial charge on any atom is -0.493 e. The number of ether oxygens (including phenoxy) is 3. The van der Waals surface area contributed by atoms with Gasteiger partial charge in [-0.1, -0.05) is 48.0 Å². The molecule has 2 N–H and O–H groups in total. The Hall–Kier alpha value is -5.36. The van der Waals surface area contributed by atoms with Crippen LogP contribution in [0.5, 0.6) is 17.2 Å². The molecule has 4 aromatic carbocycles.